The first-order valence-electron chi connectivity index (χ1n) is 12.5. The van der Waals surface area contributed by atoms with Crippen LogP contribution in [0.25, 0.3) is 0 Å². The molecule has 0 saturated carbocycles. The molecule has 1 aliphatic heterocycles. The maximum atomic E-state index is 13.8. The van der Waals surface area contributed by atoms with Crippen LogP contribution in [0.3, 0.4) is 0 Å². The topological polar surface area (TPSA) is 67.9 Å². The average Bonchev–Trinajstić information content (AvgIpc) is 3.42. The largest absolute Gasteiger partial charge is 0.454 e. The maximum absolute atomic E-state index is 13.8. The van der Waals surface area contributed by atoms with Crippen LogP contribution < -0.4 is 14.8 Å². The van der Waals surface area contributed by atoms with Gasteiger partial charge < -0.3 is 19.7 Å². The summed E-state index contributed by atoms with van der Waals surface area (Å²) in [6, 6.07) is 28.4. The Morgan fingerprint density at radius 1 is 0.769 bits per heavy atom. The minimum Gasteiger partial charge on any atom is -0.454 e. The van der Waals surface area contributed by atoms with Crippen LogP contribution in [-0.4, -0.2) is 23.5 Å². The number of benzene rings is 4. The van der Waals surface area contributed by atoms with Crippen LogP contribution in [-0.2, 0) is 29.1 Å². The van der Waals surface area contributed by atoms with E-state index >= 15 is 0 Å². The Morgan fingerprint density at radius 3 is 2.08 bits per heavy atom. The van der Waals surface area contributed by atoms with E-state index in [1.807, 2.05) is 72.8 Å². The fourth-order valence-corrected chi connectivity index (χ4v) is 4.69. The van der Waals surface area contributed by atoms with Crippen molar-refractivity contribution in [2.24, 2.45) is 0 Å². The van der Waals surface area contributed by atoms with Crippen molar-refractivity contribution in [3.8, 4) is 11.5 Å². The van der Waals surface area contributed by atoms with E-state index in [0.29, 0.717) is 27.1 Å². The molecule has 0 spiro atoms. The molecule has 5 rings (SSSR count). The predicted octanol–water partition coefficient (Wildman–Crippen LogP) is 6.35. The molecule has 2 amide bonds. The third-order valence-corrected chi connectivity index (χ3v) is 6.94. The molecule has 1 aliphatic rings. The summed E-state index contributed by atoms with van der Waals surface area (Å²) in [5, 5.41) is 4.21. The Morgan fingerprint density at radius 2 is 1.38 bits per heavy atom. The van der Waals surface area contributed by atoms with E-state index in [1.165, 1.54) is 0 Å². The van der Waals surface area contributed by atoms with Crippen LogP contribution in [0.1, 0.15) is 28.3 Å². The fraction of sp³-hybridized carbons (Fsp3) is 0.161. The van der Waals surface area contributed by atoms with Crippen molar-refractivity contribution >= 4 is 35.0 Å². The number of amides is 2. The molecule has 0 unspecified atom stereocenters. The summed E-state index contributed by atoms with van der Waals surface area (Å²) < 4.78 is 10.8. The Labute approximate surface area is 237 Å². The number of hydrogen-bond acceptors (Lipinski definition) is 4. The van der Waals surface area contributed by atoms with E-state index in [2.05, 4.69) is 5.32 Å². The lowest BCUT2D eigenvalue weighted by atomic mass is 10.0. The van der Waals surface area contributed by atoms with Gasteiger partial charge in [0, 0.05) is 23.1 Å². The highest BCUT2D eigenvalue weighted by atomic mass is 35.5. The van der Waals surface area contributed by atoms with Crippen LogP contribution in [0, 0.1) is 0 Å². The van der Waals surface area contributed by atoms with Gasteiger partial charge in [0.15, 0.2) is 11.5 Å². The van der Waals surface area contributed by atoms with Gasteiger partial charge in [-0.05, 0) is 58.7 Å². The Balaban J connectivity index is 1.44. The standard InChI is InChI=1S/C31H26Cl2N2O4/c32-25-11-6-21(7-12-25)17-29(36)35(19-22-8-13-26(33)14-9-22)30(24-4-2-1-3-5-24)31(37)34-18-23-10-15-27-28(16-23)39-20-38-27/h1-16,30H,17-20H2,(H,34,37)/t30-/m0/s1. The minimum absolute atomic E-state index is 0.115. The van der Waals surface area contributed by atoms with E-state index in [4.69, 9.17) is 32.7 Å². The first-order valence-corrected chi connectivity index (χ1v) is 13.2. The number of carbonyl (C=O) groups excluding carboxylic acids is 2. The Hall–Kier alpha value is -4.00. The van der Waals surface area contributed by atoms with Crippen LogP contribution in [0.15, 0.2) is 97.1 Å². The van der Waals surface area contributed by atoms with Crippen molar-refractivity contribution in [1.82, 2.24) is 10.2 Å². The zero-order valence-electron chi connectivity index (χ0n) is 21.0. The number of rotatable bonds is 9. The smallest absolute Gasteiger partial charge is 0.247 e. The van der Waals surface area contributed by atoms with Gasteiger partial charge in [-0.3, -0.25) is 9.59 Å². The third kappa shape index (κ3) is 6.72. The van der Waals surface area contributed by atoms with Gasteiger partial charge in [0.1, 0.15) is 6.04 Å². The quantitative estimate of drug-likeness (QED) is 0.259. The van der Waals surface area contributed by atoms with Crippen molar-refractivity contribution in [2.45, 2.75) is 25.6 Å². The van der Waals surface area contributed by atoms with Gasteiger partial charge >= 0.3 is 0 Å². The van der Waals surface area contributed by atoms with Crippen LogP contribution in [0.2, 0.25) is 10.0 Å². The summed E-state index contributed by atoms with van der Waals surface area (Å²) in [7, 11) is 0. The molecule has 0 saturated heterocycles. The zero-order chi connectivity index (χ0) is 27.2. The van der Waals surface area contributed by atoms with E-state index in [-0.39, 0.29) is 38.1 Å². The zero-order valence-corrected chi connectivity index (χ0v) is 22.5. The highest BCUT2D eigenvalue weighted by Crippen LogP contribution is 2.32. The molecular weight excluding hydrogens is 535 g/mol. The van der Waals surface area contributed by atoms with Crippen molar-refractivity contribution in [2.75, 3.05) is 6.79 Å². The predicted molar refractivity (Wildman–Crippen MR) is 151 cm³/mol. The van der Waals surface area contributed by atoms with E-state index < -0.39 is 6.04 Å². The van der Waals surface area contributed by atoms with Gasteiger partial charge in [0.05, 0.1) is 6.42 Å². The van der Waals surface area contributed by atoms with Crippen LogP contribution in [0.4, 0.5) is 0 Å². The molecule has 1 N–H and O–H groups in total. The highest BCUT2D eigenvalue weighted by Gasteiger charge is 2.31. The van der Waals surface area contributed by atoms with Crippen LogP contribution >= 0.6 is 23.2 Å². The molecule has 0 aliphatic carbocycles. The van der Waals surface area contributed by atoms with Crippen molar-refractivity contribution in [3.63, 3.8) is 0 Å². The lowest BCUT2D eigenvalue weighted by molar-refractivity contribution is -0.141. The van der Waals surface area contributed by atoms with Gasteiger partial charge in [0.25, 0.3) is 0 Å². The first kappa shape index (κ1) is 26.6. The number of halogens is 2. The molecule has 6 nitrogen and oxygen atoms in total. The number of ether oxygens (including phenoxy) is 2. The second-order valence-corrected chi connectivity index (χ2v) is 10.0. The maximum Gasteiger partial charge on any atom is 0.247 e. The van der Waals surface area contributed by atoms with E-state index in [0.717, 1.165) is 16.7 Å². The van der Waals surface area contributed by atoms with Crippen molar-refractivity contribution in [3.05, 3.63) is 129 Å². The highest BCUT2D eigenvalue weighted by molar-refractivity contribution is 6.30. The van der Waals surface area contributed by atoms with Gasteiger partial charge in [-0.2, -0.15) is 0 Å². The van der Waals surface area contributed by atoms with Gasteiger partial charge in [-0.1, -0.05) is 83.9 Å². The molecule has 4 aromatic rings. The molecule has 39 heavy (non-hydrogen) atoms. The molecule has 0 fully saturated rings. The SMILES string of the molecule is O=C(NCc1ccc2c(c1)OCO2)[C@H](c1ccccc1)N(Cc1ccc(Cl)cc1)C(=O)Cc1ccc(Cl)cc1. The van der Waals surface area contributed by atoms with Crippen molar-refractivity contribution < 1.29 is 19.1 Å². The summed E-state index contributed by atoms with van der Waals surface area (Å²) in [5.41, 5.74) is 3.22. The lowest BCUT2D eigenvalue weighted by Crippen LogP contribution is -2.43. The summed E-state index contributed by atoms with van der Waals surface area (Å²) in [5.74, 6) is 0.828. The van der Waals surface area contributed by atoms with Gasteiger partial charge in [0.2, 0.25) is 18.6 Å². The number of fused-ring (bicyclic) bond motifs is 1. The second-order valence-electron chi connectivity index (χ2n) is 9.17. The average molecular weight is 561 g/mol. The third-order valence-electron chi connectivity index (χ3n) is 6.43. The van der Waals surface area contributed by atoms with Crippen LogP contribution in [0.5, 0.6) is 11.5 Å². The van der Waals surface area contributed by atoms with E-state index in [9.17, 15) is 9.59 Å². The first-order chi connectivity index (χ1) is 19.0. The normalized spacial score (nSPS) is 12.6. The van der Waals surface area contributed by atoms with Gasteiger partial charge in [-0.25, -0.2) is 0 Å². The van der Waals surface area contributed by atoms with E-state index in [1.54, 1.807) is 29.2 Å². The molecule has 1 atom stereocenters. The molecule has 1 heterocycles. The Kier molecular flexibility index (Phi) is 8.35. The number of hydrogen-bond donors (Lipinski definition) is 1. The molecule has 0 radical (unpaired) electrons. The molecule has 0 aromatic heterocycles. The summed E-state index contributed by atoms with van der Waals surface area (Å²) in [4.78, 5) is 29.3. The molecule has 8 heteroatoms. The molecule has 0 bridgehead atoms. The molecular formula is C31H26Cl2N2O4. The summed E-state index contributed by atoms with van der Waals surface area (Å²) in [6.07, 6.45) is 0.115. The minimum atomic E-state index is -0.865. The Bertz CT molecular complexity index is 1440. The molecule has 198 valence electrons. The van der Waals surface area contributed by atoms with Crippen molar-refractivity contribution in [1.29, 1.82) is 0 Å². The number of carbonyl (C=O) groups is 2. The fourth-order valence-electron chi connectivity index (χ4n) is 4.43. The number of nitrogens with one attached hydrogen (secondary N) is 1. The second kappa shape index (κ2) is 12.2. The molecule has 4 aromatic carbocycles. The lowest BCUT2D eigenvalue weighted by Gasteiger charge is -2.32. The van der Waals surface area contributed by atoms with Gasteiger partial charge in [-0.15, -0.1) is 0 Å². The monoisotopic (exact) mass is 560 g/mol. The number of nitrogens with zero attached hydrogens (tertiary/aromatic N) is 1. The summed E-state index contributed by atoms with van der Waals surface area (Å²) >= 11 is 12.1. The summed E-state index contributed by atoms with van der Waals surface area (Å²) in [6.45, 7) is 0.663.